The van der Waals surface area contributed by atoms with Gasteiger partial charge in [0.05, 0.1) is 12.1 Å². The zero-order valence-corrected chi connectivity index (χ0v) is 25.8. The summed E-state index contributed by atoms with van der Waals surface area (Å²) in [6.07, 6.45) is 0.490. The fourth-order valence-electron chi connectivity index (χ4n) is 7.40. The Morgan fingerprint density at radius 1 is 0.938 bits per heavy atom. The van der Waals surface area contributed by atoms with Crippen LogP contribution in [0.25, 0.3) is 11.1 Å². The lowest BCUT2D eigenvalue weighted by Gasteiger charge is -2.21. The maximum absolute atomic E-state index is 15.1. The molecule has 7 rings (SSSR count). The van der Waals surface area contributed by atoms with E-state index in [0.717, 1.165) is 55.3 Å². The van der Waals surface area contributed by atoms with Gasteiger partial charge in [0.1, 0.15) is 29.6 Å². The molecule has 3 aliphatic rings. The van der Waals surface area contributed by atoms with Crippen LogP contribution in [0.2, 0.25) is 0 Å². The molecular formula is C36H32F6N4O2. The smallest absolute Gasteiger partial charge is 0.293 e. The summed E-state index contributed by atoms with van der Waals surface area (Å²) >= 11 is 0. The van der Waals surface area contributed by atoms with Gasteiger partial charge in [0.2, 0.25) is 5.91 Å². The number of nitrogens with zero attached hydrogens (tertiary/aromatic N) is 4. The highest BCUT2D eigenvalue weighted by Gasteiger charge is 2.67. The van der Waals surface area contributed by atoms with E-state index in [9.17, 15) is 27.2 Å². The van der Waals surface area contributed by atoms with E-state index in [1.54, 1.807) is 12.1 Å². The molecule has 0 radical (unpaired) electrons. The first kappa shape index (κ1) is 32.1. The molecule has 0 N–H and O–H groups in total. The van der Waals surface area contributed by atoms with E-state index in [0.29, 0.717) is 15.9 Å². The van der Waals surface area contributed by atoms with Crippen LogP contribution in [0.15, 0.2) is 60.8 Å². The number of Topliss-reactive ketones (excluding diaryl/α,β-unsaturated/α-hetero) is 1. The molecule has 3 heterocycles. The van der Waals surface area contributed by atoms with Crippen LogP contribution in [-0.4, -0.2) is 44.4 Å². The number of aromatic nitrogens is 3. The van der Waals surface area contributed by atoms with Gasteiger partial charge in [-0.25, -0.2) is 17.6 Å². The van der Waals surface area contributed by atoms with Gasteiger partial charge >= 0.3 is 0 Å². The minimum atomic E-state index is -3.38. The van der Waals surface area contributed by atoms with Gasteiger partial charge in [-0.3, -0.25) is 19.3 Å². The summed E-state index contributed by atoms with van der Waals surface area (Å²) in [5.41, 5.74) is 1.38. The summed E-state index contributed by atoms with van der Waals surface area (Å²) < 4.78 is 87.1. The van der Waals surface area contributed by atoms with Crippen molar-refractivity contribution in [1.82, 2.24) is 19.7 Å². The molecule has 1 amide bonds. The van der Waals surface area contributed by atoms with Crippen LogP contribution in [0, 0.1) is 17.6 Å². The molecule has 2 aromatic heterocycles. The van der Waals surface area contributed by atoms with Gasteiger partial charge in [-0.15, -0.1) is 0 Å². The van der Waals surface area contributed by atoms with Crippen LogP contribution < -0.4 is 0 Å². The molecule has 3 atom stereocenters. The topological polar surface area (TPSA) is 68.1 Å². The van der Waals surface area contributed by atoms with E-state index in [4.69, 9.17) is 0 Å². The number of rotatable bonds is 11. The molecular weight excluding hydrogens is 634 g/mol. The van der Waals surface area contributed by atoms with Crippen molar-refractivity contribution >= 4 is 11.7 Å². The van der Waals surface area contributed by atoms with E-state index in [-0.39, 0.29) is 42.7 Å². The number of ketones is 1. The van der Waals surface area contributed by atoms with Gasteiger partial charge in [-0.05, 0) is 66.5 Å². The average molecular weight is 667 g/mol. The third kappa shape index (κ3) is 6.12. The fourth-order valence-corrected chi connectivity index (χ4v) is 7.40. The van der Waals surface area contributed by atoms with E-state index in [1.807, 2.05) is 29.2 Å². The van der Waals surface area contributed by atoms with Crippen LogP contribution >= 0.6 is 0 Å². The monoisotopic (exact) mass is 666 g/mol. The maximum atomic E-state index is 15.1. The first-order valence-corrected chi connectivity index (χ1v) is 16.0. The quantitative estimate of drug-likeness (QED) is 0.155. The van der Waals surface area contributed by atoms with Gasteiger partial charge in [0.25, 0.3) is 12.3 Å². The minimum absolute atomic E-state index is 0.0212. The SMILES string of the molecule is O=C(C[C@@H](Cc1cc(F)cc(F)c1)c1ncccc1-c1ccc(CC(=O)N2CCCC2)cc1)Cn1nc(C(F)F)c2c1C(F)(F)C1CC21. The Bertz CT molecular complexity index is 1850. The standard InChI is InChI=1S/C36H32F6N4O2/c37-24-13-21(14-25(38)17-24)12-23(16-26(47)19-46-34-31(33(44-46)35(39)40)28-18-29(28)36(34,41)42)32-27(4-3-9-43-32)22-7-5-20(6-8-22)15-30(48)45-10-1-2-11-45/h3-9,13-14,17,23,28-29,35H,1-2,10-12,15-16,18-19H2/t23-,28?,29?/m1/s1. The second kappa shape index (κ2) is 12.5. The molecule has 0 spiro atoms. The van der Waals surface area contributed by atoms with Crippen LogP contribution in [0.1, 0.15) is 77.7 Å². The number of benzene rings is 2. The average Bonchev–Trinajstić information content (AvgIpc) is 3.36. The molecule has 1 saturated carbocycles. The number of alkyl halides is 4. The Morgan fingerprint density at radius 2 is 1.65 bits per heavy atom. The molecule has 250 valence electrons. The third-order valence-corrected chi connectivity index (χ3v) is 9.68. The van der Waals surface area contributed by atoms with Gasteiger partial charge < -0.3 is 4.90 Å². The Balaban J connectivity index is 1.18. The first-order chi connectivity index (χ1) is 23.0. The molecule has 48 heavy (non-hydrogen) atoms. The van der Waals surface area contributed by atoms with Crippen molar-refractivity contribution in [2.24, 2.45) is 5.92 Å². The van der Waals surface area contributed by atoms with Crippen LogP contribution in [0.5, 0.6) is 0 Å². The second-order valence-corrected chi connectivity index (χ2v) is 13.0. The van der Waals surface area contributed by atoms with Crippen LogP contribution in [0.3, 0.4) is 0 Å². The highest BCUT2D eigenvalue weighted by atomic mass is 19.3. The zero-order chi connectivity index (χ0) is 33.7. The number of fused-ring (bicyclic) bond motifs is 3. The summed E-state index contributed by atoms with van der Waals surface area (Å²) in [5.74, 6) is -8.03. The van der Waals surface area contributed by atoms with E-state index < -0.39 is 65.5 Å². The summed E-state index contributed by atoms with van der Waals surface area (Å²) in [5, 5.41) is 3.77. The molecule has 2 aromatic carbocycles. The number of likely N-dealkylation sites (tertiary alicyclic amines) is 1. The summed E-state index contributed by atoms with van der Waals surface area (Å²) in [7, 11) is 0. The van der Waals surface area contributed by atoms with E-state index >= 15 is 8.78 Å². The third-order valence-electron chi connectivity index (χ3n) is 9.68. The van der Waals surface area contributed by atoms with Gasteiger partial charge in [-0.2, -0.15) is 13.9 Å². The summed E-state index contributed by atoms with van der Waals surface area (Å²) in [6.45, 7) is 0.843. The summed E-state index contributed by atoms with van der Waals surface area (Å²) in [6, 6.07) is 13.9. The molecule has 6 nitrogen and oxygen atoms in total. The minimum Gasteiger partial charge on any atom is -0.342 e. The Kier molecular flexibility index (Phi) is 8.37. The molecule has 1 saturated heterocycles. The van der Waals surface area contributed by atoms with Crippen molar-refractivity contribution in [3.05, 3.63) is 106 Å². The molecule has 2 aliphatic carbocycles. The lowest BCUT2D eigenvalue weighted by Crippen LogP contribution is -2.29. The number of halogens is 6. The molecule has 2 unspecified atom stereocenters. The zero-order valence-electron chi connectivity index (χ0n) is 25.8. The van der Waals surface area contributed by atoms with Crippen molar-refractivity contribution in [3.8, 4) is 11.1 Å². The van der Waals surface area contributed by atoms with Crippen molar-refractivity contribution in [1.29, 1.82) is 0 Å². The molecule has 2 fully saturated rings. The highest BCUT2D eigenvalue weighted by molar-refractivity contribution is 5.81. The number of carbonyl (C=O) groups is 2. The van der Waals surface area contributed by atoms with Gasteiger partial charge in [0.15, 0.2) is 5.78 Å². The number of amides is 1. The second-order valence-electron chi connectivity index (χ2n) is 13.0. The Morgan fingerprint density at radius 3 is 2.33 bits per heavy atom. The van der Waals surface area contributed by atoms with Crippen LogP contribution in [-0.2, 0) is 34.9 Å². The van der Waals surface area contributed by atoms with Gasteiger partial charge in [-0.1, -0.05) is 30.3 Å². The largest absolute Gasteiger partial charge is 0.342 e. The Labute approximate surface area is 272 Å². The van der Waals surface area contributed by atoms with Gasteiger partial charge in [0, 0.05) is 54.7 Å². The van der Waals surface area contributed by atoms with Crippen molar-refractivity contribution in [2.75, 3.05) is 13.1 Å². The van der Waals surface area contributed by atoms with Crippen molar-refractivity contribution in [2.45, 2.75) is 69.3 Å². The fraction of sp³-hybridized carbons (Fsp3) is 0.389. The molecule has 1 aliphatic heterocycles. The van der Waals surface area contributed by atoms with E-state index in [2.05, 4.69) is 10.1 Å². The van der Waals surface area contributed by atoms with Crippen LogP contribution in [0.4, 0.5) is 26.3 Å². The first-order valence-electron chi connectivity index (χ1n) is 16.0. The predicted octanol–water partition coefficient (Wildman–Crippen LogP) is 7.52. The number of hydrogen-bond donors (Lipinski definition) is 0. The number of carbonyl (C=O) groups excluding carboxylic acids is 2. The van der Waals surface area contributed by atoms with Crippen molar-refractivity contribution in [3.63, 3.8) is 0 Å². The number of hydrogen-bond acceptors (Lipinski definition) is 4. The number of pyridine rings is 1. The maximum Gasteiger partial charge on any atom is 0.293 e. The Hall–Kier alpha value is -4.48. The predicted molar refractivity (Wildman–Crippen MR) is 164 cm³/mol. The lowest BCUT2D eigenvalue weighted by atomic mass is 9.86. The molecule has 4 aromatic rings. The molecule has 12 heteroatoms. The van der Waals surface area contributed by atoms with Crippen molar-refractivity contribution < 1.29 is 35.9 Å². The molecule has 0 bridgehead atoms. The summed E-state index contributed by atoms with van der Waals surface area (Å²) in [4.78, 5) is 32.7. The highest BCUT2D eigenvalue weighted by Crippen LogP contribution is 2.68. The lowest BCUT2D eigenvalue weighted by molar-refractivity contribution is -0.129. The normalized spacial score (nSPS) is 19.8. The van der Waals surface area contributed by atoms with E-state index in [1.165, 1.54) is 6.20 Å².